The molecule has 7 nitrogen and oxygen atoms in total. The molecule has 1 aromatic heterocycles. The zero-order valence-corrected chi connectivity index (χ0v) is 18.0. The summed E-state index contributed by atoms with van der Waals surface area (Å²) in [6.45, 7) is 3.20. The minimum absolute atomic E-state index is 0.346. The molecule has 8 heteroatoms. The van der Waals surface area contributed by atoms with Crippen molar-refractivity contribution in [3.63, 3.8) is 0 Å². The second-order valence-corrected chi connectivity index (χ2v) is 7.90. The molecule has 158 valence electrons. The molecule has 1 aliphatic rings. The first-order chi connectivity index (χ1) is 14.3. The molecule has 1 heterocycles. The van der Waals surface area contributed by atoms with Gasteiger partial charge in [-0.05, 0) is 63.8 Å². The number of hydrogen-bond acceptors (Lipinski definition) is 5. The Morgan fingerprint density at radius 2 is 1.97 bits per heavy atom. The number of rotatable bonds is 6. The molecule has 0 bridgehead atoms. The number of aryl methyl sites for hydroxylation is 1. The Balaban J connectivity index is 1.75. The lowest BCUT2D eigenvalue weighted by atomic mass is 10.00. The topological polar surface area (TPSA) is 93.3 Å². The molecule has 0 atom stereocenters. The quantitative estimate of drug-likeness (QED) is 0.703. The minimum Gasteiger partial charge on any atom is -0.495 e. The van der Waals surface area contributed by atoms with Crippen molar-refractivity contribution in [1.29, 1.82) is 5.26 Å². The number of carbonyl (C=O) groups is 2. The lowest BCUT2D eigenvalue weighted by Crippen LogP contribution is -2.46. The molecular weight excluding hydrogens is 406 g/mol. The van der Waals surface area contributed by atoms with E-state index in [4.69, 9.17) is 21.1 Å². The Labute approximate surface area is 180 Å². The van der Waals surface area contributed by atoms with Crippen LogP contribution in [0.25, 0.3) is 5.69 Å². The summed E-state index contributed by atoms with van der Waals surface area (Å²) >= 11 is 6.15. The van der Waals surface area contributed by atoms with E-state index in [0.717, 1.165) is 18.5 Å². The number of hydrogen-bond donors (Lipinski definition) is 1. The molecule has 1 amide bonds. The molecule has 0 unspecified atom stereocenters. The number of halogens is 1. The lowest BCUT2D eigenvalue weighted by molar-refractivity contribution is -0.125. The van der Waals surface area contributed by atoms with Crippen LogP contribution in [0.2, 0.25) is 5.02 Å². The number of esters is 1. The van der Waals surface area contributed by atoms with E-state index in [1.807, 2.05) is 11.5 Å². The standard InChI is InChI=1S/C22H24ClN3O4/c1-14-10-17(15(2)26(14)18-11-16(23)6-7-19(18)29-3)21(28)30-12-20(27)25-22(13-24)8-4-5-9-22/h6-7,10-11H,4-5,8-9,12H2,1-3H3,(H,25,27). The number of nitriles is 1. The first-order valence-corrected chi connectivity index (χ1v) is 10.1. The largest absolute Gasteiger partial charge is 0.495 e. The van der Waals surface area contributed by atoms with Gasteiger partial charge < -0.3 is 19.4 Å². The van der Waals surface area contributed by atoms with Gasteiger partial charge >= 0.3 is 5.97 Å². The molecule has 0 radical (unpaired) electrons. The maximum absolute atomic E-state index is 12.6. The highest BCUT2D eigenvalue weighted by Crippen LogP contribution is 2.31. The van der Waals surface area contributed by atoms with E-state index in [-0.39, 0.29) is 0 Å². The highest BCUT2D eigenvalue weighted by Gasteiger charge is 2.35. The van der Waals surface area contributed by atoms with E-state index in [2.05, 4.69) is 11.4 Å². The summed E-state index contributed by atoms with van der Waals surface area (Å²) in [6, 6.07) is 9.12. The van der Waals surface area contributed by atoms with Crippen LogP contribution in [0.4, 0.5) is 0 Å². The summed E-state index contributed by atoms with van der Waals surface area (Å²) < 4.78 is 12.5. The Kier molecular flexibility index (Phi) is 6.37. The molecule has 0 aliphatic heterocycles. The fourth-order valence-corrected chi connectivity index (χ4v) is 4.10. The van der Waals surface area contributed by atoms with Crippen molar-refractivity contribution in [2.45, 2.75) is 45.1 Å². The van der Waals surface area contributed by atoms with Gasteiger partial charge in [0, 0.05) is 16.4 Å². The van der Waals surface area contributed by atoms with Gasteiger partial charge in [0.05, 0.1) is 24.4 Å². The number of ether oxygens (including phenoxy) is 2. The summed E-state index contributed by atoms with van der Waals surface area (Å²) in [4.78, 5) is 24.9. The Morgan fingerprint density at radius 1 is 1.27 bits per heavy atom. The molecule has 0 spiro atoms. The molecule has 0 saturated heterocycles. The van der Waals surface area contributed by atoms with Crippen molar-refractivity contribution < 1.29 is 19.1 Å². The zero-order valence-electron chi connectivity index (χ0n) is 17.3. The van der Waals surface area contributed by atoms with Crippen molar-refractivity contribution in [3.8, 4) is 17.5 Å². The third-order valence-corrected chi connectivity index (χ3v) is 5.65. The molecule has 1 aliphatic carbocycles. The molecule has 30 heavy (non-hydrogen) atoms. The molecule has 1 N–H and O–H groups in total. The van der Waals surface area contributed by atoms with Crippen molar-refractivity contribution in [2.75, 3.05) is 13.7 Å². The fraction of sp³-hybridized carbons (Fsp3) is 0.409. The second kappa shape index (κ2) is 8.80. The van der Waals surface area contributed by atoms with Crippen LogP contribution in [0, 0.1) is 25.2 Å². The monoisotopic (exact) mass is 429 g/mol. The van der Waals surface area contributed by atoms with Crippen LogP contribution in [-0.4, -0.2) is 35.7 Å². The average molecular weight is 430 g/mol. The van der Waals surface area contributed by atoms with Gasteiger partial charge in [0.25, 0.3) is 5.91 Å². The first kappa shape index (κ1) is 21.7. The Morgan fingerprint density at radius 3 is 2.60 bits per heavy atom. The van der Waals surface area contributed by atoms with Crippen molar-refractivity contribution in [2.24, 2.45) is 0 Å². The molecule has 2 aromatic rings. The zero-order chi connectivity index (χ0) is 21.9. The van der Waals surface area contributed by atoms with Crippen molar-refractivity contribution in [1.82, 2.24) is 9.88 Å². The highest BCUT2D eigenvalue weighted by molar-refractivity contribution is 6.30. The summed E-state index contributed by atoms with van der Waals surface area (Å²) in [6.07, 6.45) is 3.02. The highest BCUT2D eigenvalue weighted by atomic mass is 35.5. The average Bonchev–Trinajstić information content (AvgIpc) is 3.30. The van der Waals surface area contributed by atoms with Gasteiger partial charge in [0.2, 0.25) is 0 Å². The molecular formula is C22H24ClN3O4. The van der Waals surface area contributed by atoms with Gasteiger partial charge in [-0.15, -0.1) is 0 Å². The van der Waals surface area contributed by atoms with Crippen LogP contribution in [0.15, 0.2) is 24.3 Å². The Bertz CT molecular complexity index is 1020. The van der Waals surface area contributed by atoms with Gasteiger partial charge in [-0.3, -0.25) is 4.79 Å². The summed E-state index contributed by atoms with van der Waals surface area (Å²) in [7, 11) is 1.56. The molecule has 1 fully saturated rings. The maximum Gasteiger partial charge on any atom is 0.340 e. The summed E-state index contributed by atoms with van der Waals surface area (Å²) in [5.41, 5.74) is 1.64. The predicted molar refractivity (Wildman–Crippen MR) is 112 cm³/mol. The van der Waals surface area contributed by atoms with Crippen LogP contribution < -0.4 is 10.1 Å². The molecule has 3 rings (SSSR count). The summed E-state index contributed by atoms with van der Waals surface area (Å²) in [5.74, 6) is -0.473. The van der Waals surface area contributed by atoms with E-state index in [1.54, 1.807) is 38.3 Å². The second-order valence-electron chi connectivity index (χ2n) is 7.46. The van der Waals surface area contributed by atoms with Crippen molar-refractivity contribution >= 4 is 23.5 Å². The number of carbonyl (C=O) groups excluding carboxylic acids is 2. The number of amides is 1. The van der Waals surface area contributed by atoms with Gasteiger partial charge in [0.15, 0.2) is 6.61 Å². The van der Waals surface area contributed by atoms with Crippen LogP contribution in [0.3, 0.4) is 0 Å². The van der Waals surface area contributed by atoms with E-state index in [9.17, 15) is 14.9 Å². The van der Waals surface area contributed by atoms with Gasteiger partial charge in [0.1, 0.15) is 11.3 Å². The number of nitrogens with one attached hydrogen (secondary N) is 1. The number of benzene rings is 1. The fourth-order valence-electron chi connectivity index (χ4n) is 3.93. The maximum atomic E-state index is 12.6. The number of methoxy groups -OCH3 is 1. The third kappa shape index (κ3) is 4.29. The molecule has 1 aromatic carbocycles. The number of nitrogens with zero attached hydrogens (tertiary/aromatic N) is 2. The Hall–Kier alpha value is -2.98. The van der Waals surface area contributed by atoms with E-state index in [1.165, 1.54) is 0 Å². The van der Waals surface area contributed by atoms with E-state index < -0.39 is 24.0 Å². The molecule has 1 saturated carbocycles. The van der Waals surface area contributed by atoms with Gasteiger partial charge in [-0.2, -0.15) is 5.26 Å². The van der Waals surface area contributed by atoms with Gasteiger partial charge in [-0.1, -0.05) is 11.6 Å². The lowest BCUT2D eigenvalue weighted by Gasteiger charge is -2.21. The SMILES string of the molecule is COc1ccc(Cl)cc1-n1c(C)cc(C(=O)OCC(=O)NC2(C#N)CCCC2)c1C. The van der Waals surface area contributed by atoms with Gasteiger partial charge in [-0.25, -0.2) is 4.79 Å². The van der Waals surface area contributed by atoms with Crippen LogP contribution in [0.1, 0.15) is 47.4 Å². The predicted octanol–water partition coefficient (Wildman–Crippen LogP) is 3.87. The van der Waals surface area contributed by atoms with Crippen LogP contribution >= 0.6 is 11.6 Å². The smallest absolute Gasteiger partial charge is 0.340 e. The third-order valence-electron chi connectivity index (χ3n) is 5.42. The van der Waals surface area contributed by atoms with E-state index in [0.29, 0.717) is 40.6 Å². The van der Waals surface area contributed by atoms with Crippen LogP contribution in [-0.2, 0) is 9.53 Å². The normalized spacial score (nSPS) is 14.8. The van der Waals surface area contributed by atoms with E-state index >= 15 is 0 Å². The summed E-state index contributed by atoms with van der Waals surface area (Å²) in [5, 5.41) is 12.6. The number of aromatic nitrogens is 1. The minimum atomic E-state index is -0.845. The first-order valence-electron chi connectivity index (χ1n) is 9.72. The van der Waals surface area contributed by atoms with Crippen LogP contribution in [0.5, 0.6) is 5.75 Å². The van der Waals surface area contributed by atoms with Crippen molar-refractivity contribution in [3.05, 3.63) is 46.2 Å².